The third kappa shape index (κ3) is 3.71. The lowest BCUT2D eigenvalue weighted by Gasteiger charge is -2.39. The van der Waals surface area contributed by atoms with Gasteiger partial charge in [-0.15, -0.1) is 0 Å². The Morgan fingerprint density at radius 2 is 1.89 bits per heavy atom. The third-order valence-electron chi connectivity index (χ3n) is 4.75. The highest BCUT2D eigenvalue weighted by Gasteiger charge is 2.32. The Labute approximate surface area is 112 Å². The van der Waals surface area contributed by atoms with Crippen molar-refractivity contribution in [3.05, 3.63) is 0 Å². The average Bonchev–Trinajstić information content (AvgIpc) is 2.35. The van der Waals surface area contributed by atoms with E-state index in [0.717, 1.165) is 19.3 Å². The van der Waals surface area contributed by atoms with Crippen LogP contribution in [0.1, 0.15) is 59.8 Å². The summed E-state index contributed by atoms with van der Waals surface area (Å²) >= 11 is 0. The summed E-state index contributed by atoms with van der Waals surface area (Å²) in [6.07, 6.45) is 5.59. The molecule has 3 nitrogen and oxygen atoms in total. The van der Waals surface area contributed by atoms with Crippen molar-refractivity contribution in [2.24, 2.45) is 17.1 Å². The van der Waals surface area contributed by atoms with Gasteiger partial charge in [0.25, 0.3) is 0 Å². The number of carbonyl (C=O) groups is 1. The van der Waals surface area contributed by atoms with Gasteiger partial charge in [0.2, 0.25) is 5.91 Å². The Morgan fingerprint density at radius 1 is 1.39 bits per heavy atom. The van der Waals surface area contributed by atoms with Crippen LogP contribution in [0.25, 0.3) is 0 Å². The van der Waals surface area contributed by atoms with Gasteiger partial charge in [-0.05, 0) is 37.0 Å². The van der Waals surface area contributed by atoms with Crippen molar-refractivity contribution in [2.45, 2.75) is 71.9 Å². The highest BCUT2D eigenvalue weighted by Crippen LogP contribution is 2.36. The monoisotopic (exact) mass is 254 g/mol. The second kappa shape index (κ2) is 6.05. The molecule has 0 spiro atoms. The van der Waals surface area contributed by atoms with E-state index in [9.17, 15) is 4.79 Å². The molecule has 1 fully saturated rings. The summed E-state index contributed by atoms with van der Waals surface area (Å²) in [7, 11) is 1.92. The molecule has 0 unspecified atom stereocenters. The maximum atomic E-state index is 12.3. The van der Waals surface area contributed by atoms with Crippen LogP contribution in [0.2, 0.25) is 0 Å². The number of nitrogens with two attached hydrogens (primary N) is 1. The summed E-state index contributed by atoms with van der Waals surface area (Å²) in [6, 6.07) is 0.0515. The van der Waals surface area contributed by atoms with Gasteiger partial charge >= 0.3 is 0 Å². The molecular formula is C15H30N2O. The topological polar surface area (TPSA) is 46.3 Å². The molecule has 0 bridgehead atoms. The quantitative estimate of drug-likeness (QED) is 0.838. The number of likely N-dealkylation sites (N-methyl/N-ethyl adjacent to an activating group) is 1. The zero-order valence-electron chi connectivity index (χ0n) is 12.7. The Bertz CT molecular complexity index is 278. The molecule has 2 atom stereocenters. The number of hydrogen-bond acceptors (Lipinski definition) is 2. The average molecular weight is 254 g/mol. The van der Waals surface area contributed by atoms with E-state index in [4.69, 9.17) is 5.73 Å². The number of amides is 1. The summed E-state index contributed by atoms with van der Waals surface area (Å²) in [5, 5.41) is 0. The van der Waals surface area contributed by atoms with Crippen LogP contribution in [0.5, 0.6) is 0 Å². The molecule has 0 aliphatic heterocycles. The first kappa shape index (κ1) is 15.5. The van der Waals surface area contributed by atoms with Gasteiger partial charge in [0.1, 0.15) is 0 Å². The molecule has 18 heavy (non-hydrogen) atoms. The van der Waals surface area contributed by atoms with Crippen molar-refractivity contribution in [1.82, 2.24) is 4.90 Å². The van der Waals surface area contributed by atoms with E-state index in [1.54, 1.807) is 0 Å². The number of hydrogen-bond donors (Lipinski definition) is 1. The van der Waals surface area contributed by atoms with Gasteiger partial charge in [-0.1, -0.05) is 34.1 Å². The van der Waals surface area contributed by atoms with E-state index < -0.39 is 0 Å². The minimum absolute atomic E-state index is 0.119. The van der Waals surface area contributed by atoms with E-state index in [0.29, 0.717) is 11.5 Å². The Balaban J connectivity index is 2.55. The zero-order chi connectivity index (χ0) is 13.9. The molecule has 1 aliphatic carbocycles. The number of nitrogens with zero attached hydrogens (tertiary/aromatic N) is 1. The van der Waals surface area contributed by atoms with Crippen LogP contribution >= 0.6 is 0 Å². The minimum atomic E-state index is -0.338. The van der Waals surface area contributed by atoms with Crippen molar-refractivity contribution < 1.29 is 4.79 Å². The Morgan fingerprint density at radius 3 is 2.33 bits per heavy atom. The van der Waals surface area contributed by atoms with Crippen LogP contribution in [0, 0.1) is 11.3 Å². The van der Waals surface area contributed by atoms with Gasteiger partial charge in [-0.25, -0.2) is 0 Å². The smallest absolute Gasteiger partial charge is 0.239 e. The first-order valence-corrected chi connectivity index (χ1v) is 7.30. The molecule has 2 N–H and O–H groups in total. The van der Waals surface area contributed by atoms with Crippen LogP contribution in [-0.4, -0.2) is 29.9 Å². The zero-order valence-corrected chi connectivity index (χ0v) is 12.7. The van der Waals surface area contributed by atoms with Crippen LogP contribution in [0.3, 0.4) is 0 Å². The highest BCUT2D eigenvalue weighted by molar-refractivity contribution is 5.82. The van der Waals surface area contributed by atoms with Crippen molar-refractivity contribution in [2.75, 3.05) is 7.05 Å². The fraction of sp³-hybridized carbons (Fsp3) is 0.933. The molecule has 0 radical (unpaired) electrons. The van der Waals surface area contributed by atoms with Gasteiger partial charge in [0.15, 0.2) is 0 Å². The predicted molar refractivity (Wildman–Crippen MR) is 76.2 cm³/mol. The highest BCUT2D eigenvalue weighted by atomic mass is 16.2. The fourth-order valence-electron chi connectivity index (χ4n) is 2.68. The third-order valence-corrected chi connectivity index (χ3v) is 4.75. The molecule has 3 heteroatoms. The normalized spacial score (nSPS) is 23.4. The Kier molecular flexibility index (Phi) is 5.20. The van der Waals surface area contributed by atoms with Crippen LogP contribution in [0.4, 0.5) is 0 Å². The summed E-state index contributed by atoms with van der Waals surface area (Å²) in [5.41, 5.74) is 6.48. The molecule has 0 aromatic rings. The van der Waals surface area contributed by atoms with Crippen molar-refractivity contribution >= 4 is 5.91 Å². The van der Waals surface area contributed by atoms with Gasteiger partial charge in [-0.2, -0.15) is 0 Å². The maximum Gasteiger partial charge on any atom is 0.239 e. The van der Waals surface area contributed by atoms with Crippen LogP contribution in [-0.2, 0) is 4.79 Å². The van der Waals surface area contributed by atoms with Crippen LogP contribution < -0.4 is 5.73 Å². The second-order valence-electron chi connectivity index (χ2n) is 6.76. The number of rotatable bonds is 4. The van der Waals surface area contributed by atoms with Crippen molar-refractivity contribution in [1.29, 1.82) is 0 Å². The largest absolute Gasteiger partial charge is 0.341 e. The fourth-order valence-corrected chi connectivity index (χ4v) is 2.68. The van der Waals surface area contributed by atoms with Gasteiger partial charge in [-0.3, -0.25) is 4.79 Å². The summed E-state index contributed by atoms with van der Waals surface area (Å²) in [6.45, 7) is 8.77. The summed E-state index contributed by atoms with van der Waals surface area (Å²) < 4.78 is 0. The molecule has 1 amide bonds. The second-order valence-corrected chi connectivity index (χ2v) is 6.76. The predicted octanol–water partition coefficient (Wildman–Crippen LogP) is 2.79. The SMILES string of the molecule is CC[C@H](C)[C@H](N)C(=O)N(C)C1CCC(C)(C)CC1. The van der Waals surface area contributed by atoms with Crippen LogP contribution in [0.15, 0.2) is 0 Å². The number of carbonyl (C=O) groups excluding carboxylic acids is 1. The lowest BCUT2D eigenvalue weighted by molar-refractivity contribution is -0.135. The molecule has 0 aromatic carbocycles. The summed E-state index contributed by atoms with van der Waals surface area (Å²) in [4.78, 5) is 14.2. The van der Waals surface area contributed by atoms with E-state index >= 15 is 0 Å². The summed E-state index contributed by atoms with van der Waals surface area (Å²) in [5.74, 6) is 0.383. The molecule has 1 saturated carbocycles. The molecule has 1 aliphatic rings. The van der Waals surface area contributed by atoms with E-state index in [1.807, 2.05) is 11.9 Å². The lowest BCUT2D eigenvalue weighted by Crippen LogP contribution is -2.50. The van der Waals surface area contributed by atoms with Crippen molar-refractivity contribution in [3.63, 3.8) is 0 Å². The minimum Gasteiger partial charge on any atom is -0.341 e. The first-order valence-electron chi connectivity index (χ1n) is 7.30. The van der Waals surface area contributed by atoms with Gasteiger partial charge in [0.05, 0.1) is 6.04 Å². The molecular weight excluding hydrogens is 224 g/mol. The first-order chi connectivity index (χ1) is 8.28. The van der Waals surface area contributed by atoms with Crippen molar-refractivity contribution in [3.8, 4) is 0 Å². The molecule has 0 aromatic heterocycles. The van der Waals surface area contributed by atoms with Gasteiger partial charge < -0.3 is 10.6 Å². The standard InChI is InChI=1S/C15H30N2O/c1-6-11(2)13(16)14(18)17(5)12-7-9-15(3,4)10-8-12/h11-13H,6-10,16H2,1-5H3/t11-,13-/m0/s1. The molecule has 1 rings (SSSR count). The van der Waals surface area contributed by atoms with E-state index in [2.05, 4.69) is 27.7 Å². The van der Waals surface area contributed by atoms with E-state index in [-0.39, 0.29) is 17.9 Å². The maximum absolute atomic E-state index is 12.3. The molecule has 106 valence electrons. The van der Waals surface area contributed by atoms with E-state index in [1.165, 1.54) is 12.8 Å². The van der Waals surface area contributed by atoms with Gasteiger partial charge in [0, 0.05) is 13.1 Å². The molecule has 0 heterocycles. The lowest BCUT2D eigenvalue weighted by atomic mass is 9.75. The Hall–Kier alpha value is -0.570. The molecule has 0 saturated heterocycles.